The number of hydrogen-bond acceptors (Lipinski definition) is 3. The van der Waals surface area contributed by atoms with E-state index in [9.17, 15) is 4.79 Å². The van der Waals surface area contributed by atoms with Crippen molar-refractivity contribution in [3.63, 3.8) is 0 Å². The molecule has 2 rings (SSSR count). The van der Waals surface area contributed by atoms with Gasteiger partial charge < -0.3 is 10.1 Å². The molecule has 0 amide bonds. The largest absolute Gasteiger partial charge is 0.461 e. The highest BCUT2D eigenvalue weighted by Crippen LogP contribution is 2.14. The molecule has 1 aliphatic rings. The third kappa shape index (κ3) is 5.25. The number of carbonyl (C=O) groups excluding carboxylic acids is 1. The van der Waals surface area contributed by atoms with Gasteiger partial charge in [-0.15, -0.1) is 24.8 Å². The van der Waals surface area contributed by atoms with Gasteiger partial charge >= 0.3 is 5.97 Å². The molecule has 1 aliphatic heterocycles. The molecule has 1 aromatic rings. The minimum Gasteiger partial charge on any atom is -0.461 e. The number of hydrogen-bond donors (Lipinski definition) is 1. The Morgan fingerprint density at radius 2 is 1.78 bits per heavy atom. The zero-order valence-electron chi connectivity index (χ0n) is 10.1. The van der Waals surface area contributed by atoms with Crippen molar-refractivity contribution in [2.24, 2.45) is 5.92 Å². The molecule has 0 bridgehead atoms. The monoisotopic (exact) mass is 291 g/mol. The van der Waals surface area contributed by atoms with E-state index in [-0.39, 0.29) is 36.7 Å². The Balaban J connectivity index is 0.00000144. The highest BCUT2D eigenvalue weighted by Gasteiger charge is 2.21. The van der Waals surface area contributed by atoms with Crippen LogP contribution in [0.1, 0.15) is 18.4 Å². The van der Waals surface area contributed by atoms with Gasteiger partial charge in [-0.2, -0.15) is 0 Å². The number of rotatable bonds is 3. The second-order valence-corrected chi connectivity index (χ2v) is 4.12. The molecule has 3 nitrogen and oxygen atoms in total. The molecule has 0 atom stereocenters. The highest BCUT2D eigenvalue weighted by atomic mass is 35.5. The number of halogens is 2. The molecule has 18 heavy (non-hydrogen) atoms. The number of piperidine rings is 1. The van der Waals surface area contributed by atoms with Gasteiger partial charge in [-0.25, -0.2) is 0 Å². The van der Waals surface area contributed by atoms with E-state index in [1.54, 1.807) is 0 Å². The Morgan fingerprint density at radius 1 is 1.17 bits per heavy atom. The summed E-state index contributed by atoms with van der Waals surface area (Å²) < 4.78 is 5.30. The number of benzene rings is 1. The van der Waals surface area contributed by atoms with E-state index in [1.165, 1.54) is 0 Å². The lowest BCUT2D eigenvalue weighted by Gasteiger charge is -2.20. The molecule has 1 N–H and O–H groups in total. The van der Waals surface area contributed by atoms with E-state index >= 15 is 0 Å². The van der Waals surface area contributed by atoms with Crippen molar-refractivity contribution in [2.75, 3.05) is 13.1 Å². The normalized spacial score (nSPS) is 15.1. The van der Waals surface area contributed by atoms with E-state index in [2.05, 4.69) is 5.32 Å². The van der Waals surface area contributed by atoms with Crippen molar-refractivity contribution < 1.29 is 9.53 Å². The van der Waals surface area contributed by atoms with Gasteiger partial charge in [0.25, 0.3) is 0 Å². The first-order chi connectivity index (χ1) is 7.86. The van der Waals surface area contributed by atoms with Crippen molar-refractivity contribution in [3.05, 3.63) is 35.9 Å². The summed E-state index contributed by atoms with van der Waals surface area (Å²) in [5.41, 5.74) is 1.05. The first-order valence-electron chi connectivity index (χ1n) is 5.77. The Labute approximate surface area is 120 Å². The van der Waals surface area contributed by atoms with Crippen LogP contribution in [0.15, 0.2) is 30.3 Å². The fourth-order valence-electron chi connectivity index (χ4n) is 1.90. The Bertz CT molecular complexity index is 340. The van der Waals surface area contributed by atoms with Gasteiger partial charge in [0.15, 0.2) is 0 Å². The second kappa shape index (κ2) is 9.20. The SMILES string of the molecule is Cl.Cl.O=C(OCc1ccccc1)C1CCNCC1. The van der Waals surface area contributed by atoms with Crippen LogP contribution in [0.2, 0.25) is 0 Å². The maximum atomic E-state index is 11.7. The van der Waals surface area contributed by atoms with E-state index in [0.29, 0.717) is 6.61 Å². The summed E-state index contributed by atoms with van der Waals surface area (Å²) in [4.78, 5) is 11.7. The molecule has 1 heterocycles. The summed E-state index contributed by atoms with van der Waals surface area (Å²) in [6.07, 6.45) is 1.79. The van der Waals surface area contributed by atoms with Gasteiger partial charge in [0.05, 0.1) is 5.92 Å². The molecular weight excluding hydrogens is 273 g/mol. The predicted molar refractivity (Wildman–Crippen MR) is 76.3 cm³/mol. The average molecular weight is 292 g/mol. The summed E-state index contributed by atoms with van der Waals surface area (Å²) in [5.74, 6) is 0.0373. The van der Waals surface area contributed by atoms with Gasteiger partial charge in [0.1, 0.15) is 6.61 Å². The van der Waals surface area contributed by atoms with Crippen molar-refractivity contribution in [3.8, 4) is 0 Å². The van der Waals surface area contributed by atoms with Crippen LogP contribution in [0.5, 0.6) is 0 Å². The van der Waals surface area contributed by atoms with Crippen LogP contribution in [0.4, 0.5) is 0 Å². The number of esters is 1. The molecule has 0 unspecified atom stereocenters. The fourth-order valence-corrected chi connectivity index (χ4v) is 1.90. The van der Waals surface area contributed by atoms with Crippen molar-refractivity contribution >= 4 is 30.8 Å². The van der Waals surface area contributed by atoms with E-state index < -0.39 is 0 Å². The van der Waals surface area contributed by atoms with Crippen molar-refractivity contribution in [2.45, 2.75) is 19.4 Å². The third-order valence-corrected chi connectivity index (χ3v) is 2.90. The lowest BCUT2D eigenvalue weighted by atomic mass is 9.98. The summed E-state index contributed by atoms with van der Waals surface area (Å²) >= 11 is 0. The van der Waals surface area contributed by atoms with Crippen molar-refractivity contribution in [1.82, 2.24) is 5.32 Å². The summed E-state index contributed by atoms with van der Waals surface area (Å²) in [7, 11) is 0. The zero-order chi connectivity index (χ0) is 11.2. The third-order valence-electron chi connectivity index (χ3n) is 2.90. The maximum absolute atomic E-state index is 11.7. The smallest absolute Gasteiger partial charge is 0.309 e. The quantitative estimate of drug-likeness (QED) is 0.870. The molecule has 0 spiro atoms. The van der Waals surface area contributed by atoms with Gasteiger partial charge in [0, 0.05) is 0 Å². The average Bonchev–Trinajstić information content (AvgIpc) is 2.38. The van der Waals surface area contributed by atoms with Crippen LogP contribution < -0.4 is 5.32 Å². The van der Waals surface area contributed by atoms with E-state index in [4.69, 9.17) is 4.74 Å². The first-order valence-corrected chi connectivity index (χ1v) is 5.77. The zero-order valence-corrected chi connectivity index (χ0v) is 11.8. The molecular formula is C13H19Cl2NO2. The Morgan fingerprint density at radius 3 is 2.39 bits per heavy atom. The topological polar surface area (TPSA) is 38.3 Å². The van der Waals surface area contributed by atoms with E-state index in [1.807, 2.05) is 30.3 Å². The summed E-state index contributed by atoms with van der Waals surface area (Å²) in [5, 5.41) is 3.24. The highest BCUT2D eigenvalue weighted by molar-refractivity contribution is 5.85. The molecule has 1 saturated heterocycles. The van der Waals surface area contributed by atoms with Gasteiger partial charge in [0.2, 0.25) is 0 Å². The van der Waals surface area contributed by atoms with Gasteiger partial charge in [-0.1, -0.05) is 30.3 Å². The molecule has 0 radical (unpaired) electrons. The van der Waals surface area contributed by atoms with Crippen LogP contribution in [-0.2, 0) is 16.1 Å². The lowest BCUT2D eigenvalue weighted by Crippen LogP contribution is -2.32. The molecule has 0 saturated carbocycles. The maximum Gasteiger partial charge on any atom is 0.309 e. The number of nitrogens with one attached hydrogen (secondary N) is 1. The molecule has 5 heteroatoms. The van der Waals surface area contributed by atoms with Crippen LogP contribution >= 0.6 is 24.8 Å². The summed E-state index contributed by atoms with van der Waals surface area (Å²) in [6, 6.07) is 9.80. The minimum absolute atomic E-state index is 0. The predicted octanol–water partition coefficient (Wildman–Crippen LogP) is 2.57. The van der Waals surface area contributed by atoms with Crippen LogP contribution in [0.25, 0.3) is 0 Å². The van der Waals surface area contributed by atoms with Crippen molar-refractivity contribution in [1.29, 1.82) is 0 Å². The first kappa shape index (κ1) is 17.2. The van der Waals surface area contributed by atoms with Gasteiger partial charge in [-0.05, 0) is 31.5 Å². The molecule has 102 valence electrons. The standard InChI is InChI=1S/C13H17NO2.2ClH/c15-13(12-6-8-14-9-7-12)16-10-11-4-2-1-3-5-11;;/h1-5,12,14H,6-10H2;2*1H. The molecule has 0 aliphatic carbocycles. The van der Waals surface area contributed by atoms with Gasteiger partial charge in [-0.3, -0.25) is 4.79 Å². The van der Waals surface area contributed by atoms with Crippen LogP contribution in [-0.4, -0.2) is 19.1 Å². The summed E-state index contributed by atoms with van der Waals surface area (Å²) in [6.45, 7) is 2.24. The fraction of sp³-hybridized carbons (Fsp3) is 0.462. The van der Waals surface area contributed by atoms with Crippen LogP contribution in [0, 0.1) is 5.92 Å². The van der Waals surface area contributed by atoms with E-state index in [0.717, 1.165) is 31.5 Å². The lowest BCUT2D eigenvalue weighted by molar-refractivity contribution is -0.150. The molecule has 1 aromatic carbocycles. The molecule has 0 aromatic heterocycles. The minimum atomic E-state index is -0.0506. The van der Waals surface area contributed by atoms with Crippen LogP contribution in [0.3, 0.4) is 0 Å². The second-order valence-electron chi connectivity index (χ2n) is 4.12. The Hall–Kier alpha value is -0.770. The number of ether oxygens (including phenoxy) is 1. The number of carbonyl (C=O) groups is 1. The Kier molecular flexibility index (Phi) is 8.81. The molecule has 1 fully saturated rings.